The summed E-state index contributed by atoms with van der Waals surface area (Å²) in [4.78, 5) is 5.37. The molecule has 0 saturated heterocycles. The molecular formula is C13H16N2OS. The third-order valence-corrected chi connectivity index (χ3v) is 3.23. The Morgan fingerprint density at radius 1 is 1.29 bits per heavy atom. The average Bonchev–Trinajstić information content (AvgIpc) is 2.77. The van der Waals surface area contributed by atoms with Crippen LogP contribution in [0, 0.1) is 0 Å². The number of pyridine rings is 1. The van der Waals surface area contributed by atoms with E-state index in [0.717, 1.165) is 16.9 Å². The maximum absolute atomic E-state index is 5.63. The van der Waals surface area contributed by atoms with Gasteiger partial charge in [0.15, 0.2) is 0 Å². The van der Waals surface area contributed by atoms with E-state index in [0.29, 0.717) is 6.54 Å². The molecule has 2 heterocycles. The Kier molecular flexibility index (Phi) is 3.76. The van der Waals surface area contributed by atoms with Crippen molar-refractivity contribution in [2.24, 2.45) is 5.73 Å². The van der Waals surface area contributed by atoms with E-state index in [9.17, 15) is 0 Å². The van der Waals surface area contributed by atoms with Crippen LogP contribution >= 0.6 is 11.3 Å². The van der Waals surface area contributed by atoms with Gasteiger partial charge in [-0.2, -0.15) is 0 Å². The minimum atomic E-state index is 0.161. The zero-order chi connectivity index (χ0) is 12.3. The summed E-state index contributed by atoms with van der Waals surface area (Å²) in [7, 11) is 0. The maximum Gasteiger partial charge on any atom is 0.138 e. The van der Waals surface area contributed by atoms with Crippen LogP contribution < -0.4 is 10.5 Å². The summed E-state index contributed by atoms with van der Waals surface area (Å²) in [5, 5.41) is 2.10. The molecule has 0 aliphatic rings. The lowest BCUT2D eigenvalue weighted by Gasteiger charge is -2.09. The van der Waals surface area contributed by atoms with Crippen LogP contribution in [0.1, 0.15) is 18.7 Å². The van der Waals surface area contributed by atoms with Gasteiger partial charge in [0.05, 0.1) is 12.3 Å². The molecule has 0 bridgehead atoms. The molecule has 0 amide bonds. The Morgan fingerprint density at radius 2 is 2.12 bits per heavy atom. The first-order valence-electron chi connectivity index (χ1n) is 5.58. The van der Waals surface area contributed by atoms with Gasteiger partial charge < -0.3 is 10.5 Å². The molecule has 0 saturated carbocycles. The Hall–Kier alpha value is -1.39. The van der Waals surface area contributed by atoms with Gasteiger partial charge in [-0.25, -0.2) is 0 Å². The molecule has 0 aliphatic heterocycles. The number of rotatable bonds is 4. The summed E-state index contributed by atoms with van der Waals surface area (Å²) in [6, 6.07) is 4.11. The molecule has 2 N–H and O–H groups in total. The lowest BCUT2D eigenvalue weighted by atomic mass is 10.1. The van der Waals surface area contributed by atoms with Gasteiger partial charge in [0, 0.05) is 23.2 Å². The molecule has 17 heavy (non-hydrogen) atoms. The topological polar surface area (TPSA) is 48.1 Å². The molecule has 2 aromatic rings. The first-order valence-corrected chi connectivity index (χ1v) is 6.46. The number of hydrogen-bond acceptors (Lipinski definition) is 4. The summed E-state index contributed by atoms with van der Waals surface area (Å²) in [5.41, 5.74) is 7.83. The van der Waals surface area contributed by atoms with Crippen molar-refractivity contribution in [2.45, 2.75) is 26.5 Å². The van der Waals surface area contributed by atoms with Crippen molar-refractivity contribution in [3.63, 3.8) is 0 Å². The molecule has 90 valence electrons. The van der Waals surface area contributed by atoms with Gasteiger partial charge >= 0.3 is 0 Å². The summed E-state index contributed by atoms with van der Waals surface area (Å²) >= 11 is 1.67. The number of aromatic nitrogens is 1. The zero-order valence-corrected chi connectivity index (χ0v) is 10.8. The molecule has 0 spiro atoms. The Morgan fingerprint density at radius 3 is 2.76 bits per heavy atom. The van der Waals surface area contributed by atoms with E-state index in [1.165, 1.54) is 4.88 Å². The van der Waals surface area contributed by atoms with Crippen molar-refractivity contribution in [3.8, 4) is 16.9 Å². The number of thiophene rings is 1. The molecule has 0 aromatic carbocycles. The van der Waals surface area contributed by atoms with E-state index in [1.54, 1.807) is 17.5 Å². The summed E-state index contributed by atoms with van der Waals surface area (Å²) in [6.07, 6.45) is 3.74. The second-order valence-corrected chi connectivity index (χ2v) is 5.08. The fraction of sp³-hybridized carbons (Fsp3) is 0.308. The monoisotopic (exact) mass is 248 g/mol. The van der Waals surface area contributed by atoms with Gasteiger partial charge in [-0.05, 0) is 36.9 Å². The number of nitrogens with zero attached hydrogens (tertiary/aromatic N) is 1. The fourth-order valence-electron chi connectivity index (χ4n) is 1.55. The van der Waals surface area contributed by atoms with E-state index >= 15 is 0 Å². The van der Waals surface area contributed by atoms with E-state index < -0.39 is 0 Å². The summed E-state index contributed by atoms with van der Waals surface area (Å²) in [6.45, 7) is 4.59. The molecular weight excluding hydrogens is 232 g/mol. The van der Waals surface area contributed by atoms with Crippen molar-refractivity contribution < 1.29 is 4.74 Å². The number of hydrogen-bond donors (Lipinski definition) is 1. The molecule has 0 aliphatic carbocycles. The second-order valence-electron chi connectivity index (χ2n) is 4.08. The third-order valence-electron chi connectivity index (χ3n) is 2.27. The molecule has 2 aromatic heterocycles. The normalized spacial score (nSPS) is 10.8. The Balaban J connectivity index is 2.26. The second kappa shape index (κ2) is 5.29. The standard InChI is InChI=1S/C13H16N2OS/c1-9(2)16-12-3-10(6-15-7-12)11-4-13(5-14)17-8-11/h3-4,6-9H,5,14H2,1-2H3. The van der Waals surface area contributed by atoms with E-state index in [1.807, 2.05) is 26.1 Å². The predicted octanol–water partition coefficient (Wildman–Crippen LogP) is 3.06. The highest BCUT2D eigenvalue weighted by atomic mass is 32.1. The van der Waals surface area contributed by atoms with Gasteiger partial charge in [-0.3, -0.25) is 4.98 Å². The van der Waals surface area contributed by atoms with Gasteiger partial charge in [0.2, 0.25) is 0 Å². The van der Waals surface area contributed by atoms with Crippen LogP contribution in [-0.2, 0) is 6.54 Å². The SMILES string of the molecule is CC(C)Oc1cncc(-c2csc(CN)c2)c1. The van der Waals surface area contributed by atoms with Crippen molar-refractivity contribution in [2.75, 3.05) is 0 Å². The molecule has 4 heteroatoms. The van der Waals surface area contributed by atoms with Gasteiger partial charge in [-0.15, -0.1) is 11.3 Å². The van der Waals surface area contributed by atoms with Crippen LogP contribution in [0.4, 0.5) is 0 Å². The largest absolute Gasteiger partial charge is 0.489 e. The van der Waals surface area contributed by atoms with Crippen molar-refractivity contribution in [3.05, 3.63) is 34.8 Å². The van der Waals surface area contributed by atoms with E-state index in [-0.39, 0.29) is 6.10 Å². The average molecular weight is 248 g/mol. The van der Waals surface area contributed by atoms with Crippen molar-refractivity contribution in [1.29, 1.82) is 0 Å². The van der Waals surface area contributed by atoms with Gasteiger partial charge in [0.1, 0.15) is 5.75 Å². The first-order chi connectivity index (χ1) is 8.19. The fourth-order valence-corrected chi connectivity index (χ4v) is 2.33. The smallest absolute Gasteiger partial charge is 0.138 e. The lowest BCUT2D eigenvalue weighted by Crippen LogP contribution is -2.05. The zero-order valence-electron chi connectivity index (χ0n) is 10.0. The van der Waals surface area contributed by atoms with Gasteiger partial charge in [0.25, 0.3) is 0 Å². The highest BCUT2D eigenvalue weighted by Crippen LogP contribution is 2.27. The molecule has 2 rings (SSSR count). The molecule has 0 unspecified atom stereocenters. The molecule has 0 fully saturated rings. The van der Waals surface area contributed by atoms with Crippen LogP contribution in [0.15, 0.2) is 29.9 Å². The van der Waals surface area contributed by atoms with Gasteiger partial charge in [-0.1, -0.05) is 0 Å². The minimum Gasteiger partial charge on any atom is -0.489 e. The number of nitrogens with two attached hydrogens (primary N) is 1. The quantitative estimate of drug-likeness (QED) is 0.904. The Labute approximate surface area is 105 Å². The van der Waals surface area contributed by atoms with Crippen molar-refractivity contribution in [1.82, 2.24) is 4.98 Å². The number of ether oxygens (including phenoxy) is 1. The minimum absolute atomic E-state index is 0.161. The maximum atomic E-state index is 5.63. The Bertz CT molecular complexity index is 494. The molecule has 0 atom stereocenters. The highest BCUT2D eigenvalue weighted by molar-refractivity contribution is 7.10. The van der Waals surface area contributed by atoms with Crippen LogP contribution in [-0.4, -0.2) is 11.1 Å². The first kappa shape index (κ1) is 12.1. The van der Waals surface area contributed by atoms with Crippen molar-refractivity contribution >= 4 is 11.3 Å². The molecule has 0 radical (unpaired) electrons. The molecule has 3 nitrogen and oxygen atoms in total. The predicted molar refractivity (Wildman–Crippen MR) is 71.2 cm³/mol. The third kappa shape index (κ3) is 3.05. The van der Waals surface area contributed by atoms with Crippen LogP contribution in [0.5, 0.6) is 5.75 Å². The van der Waals surface area contributed by atoms with Crippen LogP contribution in [0.3, 0.4) is 0 Å². The van der Waals surface area contributed by atoms with E-state index in [2.05, 4.69) is 16.4 Å². The van der Waals surface area contributed by atoms with Crippen LogP contribution in [0.25, 0.3) is 11.1 Å². The highest BCUT2D eigenvalue weighted by Gasteiger charge is 2.04. The van der Waals surface area contributed by atoms with Crippen LogP contribution in [0.2, 0.25) is 0 Å². The summed E-state index contributed by atoms with van der Waals surface area (Å²) < 4.78 is 5.63. The van der Waals surface area contributed by atoms with E-state index in [4.69, 9.17) is 10.5 Å². The lowest BCUT2D eigenvalue weighted by molar-refractivity contribution is 0.241. The summed E-state index contributed by atoms with van der Waals surface area (Å²) in [5.74, 6) is 0.804.